The van der Waals surface area contributed by atoms with Crippen molar-refractivity contribution >= 4 is 7.82 Å². The molecule has 0 amide bonds. The Labute approximate surface area is 154 Å². The monoisotopic (exact) mass is 376 g/mol. The minimum Gasteiger partial charge on any atom is -0.390 e. The molecule has 1 fully saturated rings. The predicted octanol–water partition coefficient (Wildman–Crippen LogP) is 4.85. The molecule has 2 atom stereocenters. The van der Waals surface area contributed by atoms with Gasteiger partial charge in [0, 0.05) is 0 Å². The molecule has 0 unspecified atom stereocenters. The second kappa shape index (κ2) is 9.45. The van der Waals surface area contributed by atoms with Gasteiger partial charge in [0.1, 0.15) is 0 Å². The van der Waals surface area contributed by atoms with Crippen molar-refractivity contribution in [3.63, 3.8) is 0 Å². The van der Waals surface area contributed by atoms with Gasteiger partial charge in [-0.1, -0.05) is 73.5 Å². The van der Waals surface area contributed by atoms with E-state index in [2.05, 4.69) is 0 Å². The number of hydrogen-bond donors (Lipinski definition) is 1. The van der Waals surface area contributed by atoms with E-state index in [1.807, 2.05) is 60.7 Å². The summed E-state index contributed by atoms with van der Waals surface area (Å²) in [5.41, 5.74) is 1.76. The smallest absolute Gasteiger partial charge is 0.390 e. The van der Waals surface area contributed by atoms with Gasteiger partial charge in [0.15, 0.2) is 0 Å². The third-order valence-electron chi connectivity index (χ3n) is 4.40. The molecule has 1 aliphatic rings. The van der Waals surface area contributed by atoms with E-state index in [9.17, 15) is 9.67 Å². The highest BCUT2D eigenvalue weighted by atomic mass is 31.2. The number of phosphoric acid groups is 1. The summed E-state index contributed by atoms with van der Waals surface area (Å²) in [5, 5.41) is 10.1. The zero-order chi connectivity index (χ0) is 18.2. The van der Waals surface area contributed by atoms with Crippen LogP contribution < -0.4 is 0 Å². The van der Waals surface area contributed by atoms with Gasteiger partial charge in [-0.2, -0.15) is 0 Å². The molecule has 1 aliphatic carbocycles. The van der Waals surface area contributed by atoms with Gasteiger partial charge in [-0.15, -0.1) is 0 Å². The first-order chi connectivity index (χ1) is 12.6. The molecule has 0 saturated heterocycles. The Morgan fingerprint density at radius 2 is 1.35 bits per heavy atom. The van der Waals surface area contributed by atoms with Gasteiger partial charge in [0.05, 0.1) is 25.4 Å². The molecule has 0 radical (unpaired) electrons. The second-order valence-electron chi connectivity index (χ2n) is 6.46. The fourth-order valence-electron chi connectivity index (χ4n) is 2.92. The topological polar surface area (TPSA) is 65.0 Å². The Hall–Kier alpha value is -1.49. The van der Waals surface area contributed by atoms with Crippen molar-refractivity contribution in [1.82, 2.24) is 0 Å². The zero-order valence-electron chi connectivity index (χ0n) is 14.7. The Morgan fingerprint density at radius 3 is 1.85 bits per heavy atom. The third kappa shape index (κ3) is 5.76. The summed E-state index contributed by atoms with van der Waals surface area (Å²) >= 11 is 0. The molecule has 0 spiro atoms. The minimum atomic E-state index is -3.82. The van der Waals surface area contributed by atoms with Crippen LogP contribution in [-0.4, -0.2) is 17.3 Å². The Kier molecular flexibility index (Phi) is 7.00. The summed E-state index contributed by atoms with van der Waals surface area (Å²) in [6.45, 7) is 0.242. The third-order valence-corrected chi connectivity index (χ3v) is 5.82. The Morgan fingerprint density at radius 1 is 0.846 bits per heavy atom. The summed E-state index contributed by atoms with van der Waals surface area (Å²) in [5.74, 6) is 0. The van der Waals surface area contributed by atoms with Crippen molar-refractivity contribution in [1.29, 1.82) is 0 Å². The SMILES string of the molecule is O=P(OCc1ccccc1)(OCc1ccccc1)O[C@H]1CCCC[C@@H]1O. The maximum atomic E-state index is 13.2. The molecule has 0 aliphatic heterocycles. The quantitative estimate of drug-likeness (QED) is 0.668. The Balaban J connectivity index is 1.67. The van der Waals surface area contributed by atoms with Crippen molar-refractivity contribution in [2.45, 2.75) is 51.1 Å². The van der Waals surface area contributed by atoms with Gasteiger partial charge in [-0.25, -0.2) is 4.57 Å². The summed E-state index contributed by atoms with van der Waals surface area (Å²) in [7, 11) is -3.82. The predicted molar refractivity (Wildman–Crippen MR) is 99.4 cm³/mol. The van der Waals surface area contributed by atoms with Crippen LogP contribution >= 0.6 is 7.82 Å². The molecule has 140 valence electrons. The van der Waals surface area contributed by atoms with Crippen LogP contribution in [0.5, 0.6) is 0 Å². The van der Waals surface area contributed by atoms with Crippen molar-refractivity contribution in [2.75, 3.05) is 0 Å². The number of benzene rings is 2. The van der Waals surface area contributed by atoms with Crippen LogP contribution in [0.2, 0.25) is 0 Å². The standard InChI is InChI=1S/C20H25O5P/c21-19-13-7-8-14-20(19)25-26(22,23-15-17-9-3-1-4-10-17)24-16-18-11-5-2-6-12-18/h1-6,9-12,19-21H,7-8,13-16H2/t19-,20-/m0/s1. The van der Waals surface area contributed by atoms with Crippen molar-refractivity contribution in [2.24, 2.45) is 0 Å². The maximum Gasteiger partial charge on any atom is 0.475 e. The van der Waals surface area contributed by atoms with Crippen LogP contribution in [0.15, 0.2) is 60.7 Å². The van der Waals surface area contributed by atoms with Crippen LogP contribution in [0.1, 0.15) is 36.8 Å². The summed E-state index contributed by atoms with van der Waals surface area (Å²) in [6.07, 6.45) is 2.00. The van der Waals surface area contributed by atoms with Gasteiger partial charge in [0.2, 0.25) is 0 Å². The van der Waals surface area contributed by atoms with Crippen LogP contribution in [0.3, 0.4) is 0 Å². The Bertz CT molecular complexity index is 659. The lowest BCUT2D eigenvalue weighted by molar-refractivity contribution is -0.0228. The fourth-order valence-corrected chi connectivity index (χ4v) is 4.31. The van der Waals surface area contributed by atoms with E-state index < -0.39 is 20.0 Å². The summed E-state index contributed by atoms with van der Waals surface area (Å²) in [4.78, 5) is 0. The molecular formula is C20H25O5P. The molecule has 0 heterocycles. The number of aliphatic hydroxyl groups excluding tert-OH is 1. The van der Waals surface area contributed by atoms with E-state index in [-0.39, 0.29) is 13.2 Å². The molecule has 3 rings (SSSR count). The second-order valence-corrected chi connectivity index (χ2v) is 8.08. The van der Waals surface area contributed by atoms with Gasteiger partial charge >= 0.3 is 7.82 Å². The lowest BCUT2D eigenvalue weighted by Gasteiger charge is -2.30. The highest BCUT2D eigenvalue weighted by molar-refractivity contribution is 7.48. The van der Waals surface area contributed by atoms with Gasteiger partial charge in [-0.3, -0.25) is 13.6 Å². The normalized spacial score (nSPS) is 20.8. The molecule has 0 bridgehead atoms. The minimum absolute atomic E-state index is 0.121. The maximum absolute atomic E-state index is 13.2. The first-order valence-electron chi connectivity index (χ1n) is 8.98. The number of phosphoric ester groups is 1. The summed E-state index contributed by atoms with van der Waals surface area (Å²) < 4.78 is 30.1. The first kappa shape index (κ1) is 19.3. The molecule has 26 heavy (non-hydrogen) atoms. The fraction of sp³-hybridized carbons (Fsp3) is 0.400. The zero-order valence-corrected chi connectivity index (χ0v) is 15.6. The largest absolute Gasteiger partial charge is 0.475 e. The van der Waals surface area contributed by atoms with E-state index in [1.54, 1.807) is 0 Å². The van der Waals surface area contributed by atoms with Crippen LogP contribution in [0, 0.1) is 0 Å². The lowest BCUT2D eigenvalue weighted by atomic mass is 9.95. The summed E-state index contributed by atoms with van der Waals surface area (Å²) in [6, 6.07) is 18.9. The van der Waals surface area contributed by atoms with Crippen molar-refractivity contribution < 1.29 is 23.2 Å². The average molecular weight is 376 g/mol. The molecule has 1 N–H and O–H groups in total. The van der Waals surface area contributed by atoms with E-state index in [4.69, 9.17) is 13.6 Å². The number of aliphatic hydroxyl groups is 1. The first-order valence-corrected chi connectivity index (χ1v) is 10.4. The van der Waals surface area contributed by atoms with Crippen LogP contribution in [0.4, 0.5) is 0 Å². The molecule has 5 nitrogen and oxygen atoms in total. The van der Waals surface area contributed by atoms with E-state index in [0.29, 0.717) is 12.8 Å². The van der Waals surface area contributed by atoms with Crippen molar-refractivity contribution in [3.8, 4) is 0 Å². The van der Waals surface area contributed by atoms with Gasteiger partial charge < -0.3 is 5.11 Å². The highest BCUT2D eigenvalue weighted by Crippen LogP contribution is 2.53. The molecule has 6 heteroatoms. The highest BCUT2D eigenvalue weighted by Gasteiger charge is 2.35. The average Bonchev–Trinajstić information content (AvgIpc) is 2.69. The lowest BCUT2D eigenvalue weighted by Crippen LogP contribution is -2.31. The molecule has 1 saturated carbocycles. The molecule has 2 aromatic rings. The van der Waals surface area contributed by atoms with Crippen molar-refractivity contribution in [3.05, 3.63) is 71.8 Å². The number of hydrogen-bond acceptors (Lipinski definition) is 5. The van der Waals surface area contributed by atoms with E-state index >= 15 is 0 Å². The molecular weight excluding hydrogens is 351 g/mol. The van der Waals surface area contributed by atoms with E-state index in [0.717, 1.165) is 24.0 Å². The molecule has 0 aromatic heterocycles. The number of rotatable bonds is 8. The van der Waals surface area contributed by atoms with Crippen LogP contribution in [-0.2, 0) is 31.4 Å². The van der Waals surface area contributed by atoms with Gasteiger partial charge in [0.25, 0.3) is 0 Å². The van der Waals surface area contributed by atoms with E-state index in [1.165, 1.54) is 0 Å². The van der Waals surface area contributed by atoms with Crippen LogP contribution in [0.25, 0.3) is 0 Å². The molecule has 2 aromatic carbocycles. The van der Waals surface area contributed by atoms with Gasteiger partial charge in [-0.05, 0) is 24.0 Å².